The average molecular weight is 1040 g/mol. The summed E-state index contributed by atoms with van der Waals surface area (Å²) in [6, 6.07) is 17.1. The minimum absolute atomic E-state index is 0.0694. The monoisotopic (exact) mass is 1030 g/mol. The van der Waals surface area contributed by atoms with Crippen molar-refractivity contribution in [1.82, 2.24) is 0 Å². The van der Waals surface area contributed by atoms with Gasteiger partial charge in [0.05, 0.1) is 36.6 Å². The topological polar surface area (TPSA) is 228 Å². The van der Waals surface area contributed by atoms with E-state index in [2.05, 4.69) is 9.69 Å². The van der Waals surface area contributed by atoms with E-state index in [1.54, 1.807) is 86.0 Å². The molecule has 4 aromatic carbocycles. The normalized spacial score (nSPS) is 15.9. The minimum atomic E-state index is -1.08. The average Bonchev–Trinajstić information content (AvgIpc) is 3.55. The second kappa shape index (κ2) is 21.1. The van der Waals surface area contributed by atoms with Crippen molar-refractivity contribution in [2.45, 2.75) is 76.5 Å². The van der Waals surface area contributed by atoms with Crippen LogP contribution < -0.4 is 42.5 Å². The molecule has 0 saturated carbocycles. The molecule has 352 valence electrons. The van der Waals surface area contributed by atoms with Crippen LogP contribution in [0.5, 0.6) is 0 Å². The van der Waals surface area contributed by atoms with Crippen LogP contribution in [0.3, 0.4) is 0 Å². The molecule has 0 radical (unpaired) electrons. The molecule has 0 unspecified atom stereocenters. The first-order chi connectivity index (χ1) is 31.8. The van der Waals surface area contributed by atoms with E-state index in [0.717, 1.165) is 0 Å². The molecule has 6 rings (SSSR count). The number of rotatable bonds is 14. The van der Waals surface area contributed by atoms with Gasteiger partial charge in [0.2, 0.25) is 23.2 Å². The number of amides is 4. The van der Waals surface area contributed by atoms with Crippen molar-refractivity contribution >= 4 is 150 Å². The first-order valence-electron chi connectivity index (χ1n) is 20.2. The maximum atomic E-state index is 13.4. The first-order valence-corrected chi connectivity index (χ1v) is 22.5. The summed E-state index contributed by atoms with van der Waals surface area (Å²) in [5, 5.41) is 1.50. The van der Waals surface area contributed by atoms with Crippen LogP contribution in [-0.4, -0.2) is 68.6 Å². The highest BCUT2D eigenvalue weighted by molar-refractivity contribution is 7.81. The Balaban J connectivity index is 0.000000254. The number of thiocarbonyl (C=S) groups is 2. The van der Waals surface area contributed by atoms with Crippen molar-refractivity contribution in [3.05, 3.63) is 127 Å². The largest absolute Gasteiger partial charge is 0.370 e. The molecule has 0 bridgehead atoms. The van der Waals surface area contributed by atoms with Gasteiger partial charge < -0.3 is 32.7 Å². The number of carbonyl (C=O) groups excluding carboxylic acids is 6. The van der Waals surface area contributed by atoms with E-state index in [-0.39, 0.29) is 74.9 Å². The number of primary amides is 2. The zero-order valence-corrected chi connectivity index (χ0v) is 41.3. The Morgan fingerprint density at radius 1 is 0.603 bits per heavy atom. The highest BCUT2D eigenvalue weighted by atomic mass is 35.5. The fraction of sp³-hybridized carbons (Fsp3) is 0.261. The quantitative estimate of drug-likeness (QED) is 0.0709. The Morgan fingerprint density at radius 3 is 1.37 bits per heavy atom. The van der Waals surface area contributed by atoms with E-state index in [4.69, 9.17) is 107 Å². The summed E-state index contributed by atoms with van der Waals surface area (Å²) in [7, 11) is 0. The van der Waals surface area contributed by atoms with Crippen LogP contribution >= 0.6 is 70.8 Å². The number of hydrogen-bond donors (Lipinski definition) is 4. The lowest BCUT2D eigenvalue weighted by Gasteiger charge is -2.30. The summed E-state index contributed by atoms with van der Waals surface area (Å²) >= 11 is 36.3. The van der Waals surface area contributed by atoms with E-state index in [1.165, 1.54) is 34.1 Å². The highest BCUT2D eigenvalue weighted by Gasteiger charge is 2.51. The van der Waals surface area contributed by atoms with E-state index in [9.17, 15) is 28.8 Å². The van der Waals surface area contributed by atoms with Crippen molar-refractivity contribution in [3.8, 4) is 0 Å². The molecule has 0 aromatic heterocycles. The summed E-state index contributed by atoms with van der Waals surface area (Å²) < 4.78 is 0. The van der Waals surface area contributed by atoms with Gasteiger partial charge in [0.1, 0.15) is 16.9 Å². The molecule has 4 aromatic rings. The van der Waals surface area contributed by atoms with Crippen LogP contribution in [-0.2, 0) is 41.6 Å². The van der Waals surface area contributed by atoms with Crippen LogP contribution in [0, 0.1) is 13.1 Å². The van der Waals surface area contributed by atoms with Crippen LogP contribution in [0.4, 0.5) is 34.1 Å². The molecule has 0 aliphatic carbocycles. The molecule has 0 spiro atoms. The van der Waals surface area contributed by atoms with Crippen molar-refractivity contribution in [2.24, 2.45) is 22.9 Å². The summed E-state index contributed by atoms with van der Waals surface area (Å²) in [6.07, 6.45) is -0.664. The molecular formula is C46H42Cl4N10O6S2. The lowest BCUT2D eigenvalue weighted by atomic mass is 9.99. The lowest BCUT2D eigenvalue weighted by molar-refractivity contribution is -0.124. The molecule has 8 N–H and O–H groups in total. The molecule has 2 aliphatic heterocycles. The minimum Gasteiger partial charge on any atom is -0.370 e. The number of carbonyl (C=O) groups is 6. The number of hydrogen-bond acceptors (Lipinski definition) is 10. The number of benzene rings is 4. The highest BCUT2D eigenvalue weighted by Crippen LogP contribution is 2.41. The summed E-state index contributed by atoms with van der Waals surface area (Å²) in [6.45, 7) is 21.2. The van der Waals surface area contributed by atoms with Crippen LogP contribution in [0.25, 0.3) is 9.69 Å². The van der Waals surface area contributed by atoms with Crippen LogP contribution in [0.15, 0.2) is 72.8 Å². The van der Waals surface area contributed by atoms with E-state index >= 15 is 0 Å². The maximum Gasteiger partial charge on any atom is 0.259 e. The van der Waals surface area contributed by atoms with Gasteiger partial charge in [-0.2, -0.15) is 0 Å². The van der Waals surface area contributed by atoms with Gasteiger partial charge in [-0.05, 0) is 124 Å². The Kier molecular flexibility index (Phi) is 16.4. The molecule has 2 fully saturated rings. The predicted octanol–water partition coefficient (Wildman–Crippen LogP) is 7.55. The summed E-state index contributed by atoms with van der Waals surface area (Å²) in [4.78, 5) is 86.6. The third-order valence-corrected chi connectivity index (χ3v) is 13.0. The summed E-state index contributed by atoms with van der Waals surface area (Å²) in [5.74, 6) is -2.72. The Bertz CT molecular complexity index is 2900. The zero-order chi connectivity index (χ0) is 50.7. The Hall–Kier alpha value is -6.06. The molecule has 4 amide bonds. The Morgan fingerprint density at radius 2 is 1.00 bits per heavy atom. The van der Waals surface area contributed by atoms with Crippen molar-refractivity contribution in [1.29, 1.82) is 0 Å². The standard InChI is InChI=1S/2C23H21Cl2N5O3S/c1-23(2)21(33)29(13-5-7-19(28-3)17(25)10-13)22(34)30(23)14-4-6-16(24)12(8-14)9-15(31)11-18(26)20(27)32;1-23(2)21(33)29(13-5-7-18(28-3)16(25)10-13)22(34)30(23)14-4-6-15(24)12(8-14)9-19(31)17(26)11-20(27)32/h4-8,10,18H,9,11,26H2,1-2H3,(H2,27,32);4-8,10,17H,9,11,26H2,1-2H3,(H2,27,32)/t18-;17-/m00/s1. The molecule has 22 heteroatoms. The van der Waals surface area contributed by atoms with Gasteiger partial charge in [-0.3, -0.25) is 38.6 Å². The third kappa shape index (κ3) is 10.9. The van der Waals surface area contributed by atoms with Gasteiger partial charge in [0, 0.05) is 57.1 Å². The number of anilines is 4. The van der Waals surface area contributed by atoms with Gasteiger partial charge >= 0.3 is 0 Å². The second-order valence-corrected chi connectivity index (χ2v) is 18.9. The smallest absolute Gasteiger partial charge is 0.259 e. The molecule has 2 aliphatic rings. The second-order valence-electron chi connectivity index (χ2n) is 16.5. The van der Waals surface area contributed by atoms with E-state index in [0.29, 0.717) is 43.9 Å². The van der Waals surface area contributed by atoms with Crippen molar-refractivity contribution < 1.29 is 28.8 Å². The molecule has 2 saturated heterocycles. The molecule has 2 atom stereocenters. The van der Waals surface area contributed by atoms with Gasteiger partial charge in [0.15, 0.2) is 16.0 Å². The van der Waals surface area contributed by atoms with Gasteiger partial charge in [0.25, 0.3) is 11.8 Å². The number of nitrogens with two attached hydrogens (primary N) is 4. The van der Waals surface area contributed by atoms with Gasteiger partial charge in [-0.15, -0.1) is 0 Å². The zero-order valence-electron chi connectivity index (χ0n) is 36.7. The first kappa shape index (κ1) is 52.9. The summed E-state index contributed by atoms with van der Waals surface area (Å²) in [5.41, 5.74) is 23.0. The van der Waals surface area contributed by atoms with E-state index < -0.39 is 40.8 Å². The fourth-order valence-corrected chi connectivity index (χ4v) is 9.16. The molecule has 2 heterocycles. The van der Waals surface area contributed by atoms with E-state index in [1.807, 2.05) is 0 Å². The molecule has 16 nitrogen and oxygen atoms in total. The third-order valence-electron chi connectivity index (χ3n) is 10.9. The number of ketones is 2. The number of halogens is 4. The van der Waals surface area contributed by atoms with Crippen LogP contribution in [0.1, 0.15) is 51.7 Å². The number of nitrogens with zero attached hydrogens (tertiary/aromatic N) is 6. The lowest BCUT2D eigenvalue weighted by Crippen LogP contribution is -2.44. The van der Waals surface area contributed by atoms with Crippen molar-refractivity contribution in [2.75, 3.05) is 19.6 Å². The fourth-order valence-electron chi connectivity index (χ4n) is 7.31. The maximum absolute atomic E-state index is 13.4. The molecule has 68 heavy (non-hydrogen) atoms. The SMILES string of the molecule is [C-]#[N+]c1ccc(N2C(=O)C(C)(C)N(c3ccc(Cl)c(CC(=O)C[C@H](N)C(N)=O)c3)C2=S)cc1Cl.[C-]#[N+]c1ccc(N2C(=O)C(C)(C)N(c3ccc(Cl)c(CC(=O)[C@@H](N)CC(N)=O)c3)C2=S)cc1Cl. The van der Waals surface area contributed by atoms with Gasteiger partial charge in [-0.1, -0.05) is 58.5 Å². The van der Waals surface area contributed by atoms with Crippen molar-refractivity contribution in [3.63, 3.8) is 0 Å². The predicted molar refractivity (Wildman–Crippen MR) is 273 cm³/mol. The molecular weight excluding hydrogens is 995 g/mol. The van der Waals surface area contributed by atoms with Gasteiger partial charge in [-0.25, -0.2) is 9.69 Å². The number of Topliss-reactive ketones (excluding diaryl/α,β-unsaturated/α-hetero) is 2. The Labute approximate surface area is 422 Å². The van der Waals surface area contributed by atoms with Crippen LogP contribution in [0.2, 0.25) is 20.1 Å².